The Bertz CT molecular complexity index is 85.6. The van der Waals surface area contributed by atoms with Gasteiger partial charge < -0.3 is 14.7 Å². The average Bonchev–Trinajstić information content (AvgIpc) is 1.30. The van der Waals surface area contributed by atoms with Crippen LogP contribution >= 0.6 is 6.72 Å². The highest BCUT2D eigenvalue weighted by atomic mass is 32.5. The molecule has 4 N–H and O–H groups in total. The Kier molecular flexibility index (Phi) is 2.86. The van der Waals surface area contributed by atoms with Crippen molar-refractivity contribution in [3.05, 3.63) is 0 Å². The second kappa shape index (κ2) is 2.68. The summed E-state index contributed by atoms with van der Waals surface area (Å²) in [5.74, 6) is 4.29. The fourth-order valence-corrected chi connectivity index (χ4v) is 0.505. The van der Waals surface area contributed by atoms with Gasteiger partial charge in [0.15, 0.2) is 0 Å². The maximum atomic E-state index is 9.68. The van der Waals surface area contributed by atoms with Gasteiger partial charge in [0.05, 0.1) is 0 Å². The van der Waals surface area contributed by atoms with Crippen molar-refractivity contribution < 1.29 is 19.0 Å². The highest BCUT2D eigenvalue weighted by Gasteiger charge is 2.06. The van der Waals surface area contributed by atoms with Gasteiger partial charge in [-0.2, -0.15) is 5.90 Å². The van der Waals surface area contributed by atoms with E-state index in [2.05, 4.69) is 10.2 Å². The van der Waals surface area contributed by atoms with Crippen LogP contribution in [-0.4, -0.2) is 9.79 Å². The van der Waals surface area contributed by atoms with Crippen molar-refractivity contribution >= 4 is 17.9 Å². The first-order chi connectivity index (χ1) is 3.06. The van der Waals surface area contributed by atoms with E-state index in [0.717, 1.165) is 0 Å². The maximum Gasteiger partial charge on any atom is 0.419 e. The first-order valence-electron chi connectivity index (χ1n) is 1.17. The minimum absolute atomic E-state index is 0.0671. The van der Waals surface area contributed by atoms with Crippen LogP contribution in [0.4, 0.5) is 0 Å². The molecule has 0 aromatic heterocycles. The van der Waals surface area contributed by atoms with E-state index in [1.807, 2.05) is 0 Å². The summed E-state index contributed by atoms with van der Waals surface area (Å²) in [6.07, 6.45) is 0. The van der Waals surface area contributed by atoms with Gasteiger partial charge in [-0.15, -0.1) is 0 Å². The van der Waals surface area contributed by atoms with E-state index in [9.17, 15) is 4.89 Å². The van der Waals surface area contributed by atoms with Gasteiger partial charge in [-0.3, -0.25) is 0 Å². The van der Waals surface area contributed by atoms with Crippen molar-refractivity contribution in [2.75, 3.05) is 0 Å². The third kappa shape index (κ3) is 6.45. The Morgan fingerprint density at radius 3 is 2.14 bits per heavy atom. The van der Waals surface area contributed by atoms with Crippen molar-refractivity contribution in [1.82, 2.24) is 0 Å². The Balaban J connectivity index is 3.73. The van der Waals surface area contributed by atoms with Crippen molar-refractivity contribution in [2.24, 2.45) is 5.90 Å². The molecule has 0 saturated heterocycles. The zero-order valence-corrected chi connectivity index (χ0v) is 4.85. The normalized spacial score (nSPS) is 11.4. The Hall–Kier alpha value is 0.450. The molecule has 0 aromatic carbocycles. The van der Waals surface area contributed by atoms with Crippen LogP contribution in [-0.2, 0) is 15.5 Å². The van der Waals surface area contributed by atoms with Crippen LogP contribution in [0.1, 0.15) is 0 Å². The highest BCUT2D eigenvalue weighted by Crippen LogP contribution is 2.24. The maximum absolute atomic E-state index is 9.68. The predicted molar refractivity (Wildman–Crippen MR) is 24.0 cm³/mol. The van der Waals surface area contributed by atoms with E-state index in [1.165, 1.54) is 0 Å². The number of hydrogen-bond donors (Lipinski definition) is 3. The largest absolute Gasteiger partial charge is 0.739 e. The molecule has 0 aliphatic carbocycles. The van der Waals surface area contributed by atoms with Gasteiger partial charge in [0.2, 0.25) is 0 Å². The molecule has 0 rings (SSSR count). The lowest BCUT2D eigenvalue weighted by Gasteiger charge is -1.96. The molecule has 44 valence electrons. The monoisotopic (exact) mass is 145 g/mol. The van der Waals surface area contributed by atoms with E-state index in [-0.39, 0.29) is 11.2 Å². The quantitative estimate of drug-likeness (QED) is 0.170. The van der Waals surface area contributed by atoms with Crippen LogP contribution in [0.25, 0.3) is 0 Å². The standard InChI is InChI=1S/H4NO4PS/c1-5-7-6(2,3)4/h1H2,(H2-,2,3,4). The second-order valence-electron chi connectivity index (χ2n) is 0.661. The summed E-state index contributed by atoms with van der Waals surface area (Å²) in [4.78, 5) is 25.5. The summed E-state index contributed by atoms with van der Waals surface area (Å²) in [5.41, 5.74) is 0. The predicted octanol–water partition coefficient (Wildman–Crippen LogP) is -2.10. The molecule has 0 radical (unpaired) electrons. The van der Waals surface area contributed by atoms with Crippen molar-refractivity contribution in [3.8, 4) is 0 Å². The van der Waals surface area contributed by atoms with Crippen molar-refractivity contribution in [2.45, 2.75) is 0 Å². The van der Waals surface area contributed by atoms with Crippen LogP contribution in [0.15, 0.2) is 0 Å². The van der Waals surface area contributed by atoms with Crippen molar-refractivity contribution in [1.29, 1.82) is 0 Å². The van der Waals surface area contributed by atoms with E-state index < -0.39 is 6.72 Å². The van der Waals surface area contributed by atoms with E-state index in [0.29, 0.717) is 0 Å². The SMILES string of the molecule is NO[S+]=P([O-])(O)O. The molecule has 7 heavy (non-hydrogen) atoms. The zero-order chi connectivity index (χ0) is 5.91. The number of nitrogens with two attached hydrogens (primary N) is 1. The van der Waals surface area contributed by atoms with Gasteiger partial charge in [-0.1, -0.05) is 0 Å². The van der Waals surface area contributed by atoms with Gasteiger partial charge in [0.1, 0.15) is 0 Å². The molecule has 0 spiro atoms. The van der Waals surface area contributed by atoms with Crippen LogP contribution < -0.4 is 10.8 Å². The first-order valence-corrected chi connectivity index (χ1v) is 4.13. The van der Waals surface area contributed by atoms with Gasteiger partial charge in [0, 0.05) is 0 Å². The van der Waals surface area contributed by atoms with Crippen LogP contribution in [0.5, 0.6) is 0 Å². The highest BCUT2D eigenvalue weighted by molar-refractivity contribution is 8.13. The minimum Gasteiger partial charge on any atom is -0.739 e. The van der Waals surface area contributed by atoms with Crippen LogP contribution in [0.2, 0.25) is 0 Å². The summed E-state index contributed by atoms with van der Waals surface area (Å²) >= 11 is -0.0671. The number of hydrogen-bond acceptors (Lipinski definition) is 3. The smallest absolute Gasteiger partial charge is 0.419 e. The van der Waals surface area contributed by atoms with Crippen molar-refractivity contribution in [3.63, 3.8) is 0 Å². The summed E-state index contributed by atoms with van der Waals surface area (Å²) in [5, 5.41) is 0. The first kappa shape index (κ1) is 7.45. The summed E-state index contributed by atoms with van der Waals surface area (Å²) in [6, 6.07) is 0. The fraction of sp³-hybridized carbons (Fsp3) is 0. The van der Waals surface area contributed by atoms with Gasteiger partial charge >= 0.3 is 17.9 Å². The molecule has 5 nitrogen and oxygen atoms in total. The third-order valence-corrected chi connectivity index (χ3v) is 1.26. The molecule has 0 heterocycles. The molecule has 0 aliphatic heterocycles. The molecule has 0 bridgehead atoms. The van der Waals surface area contributed by atoms with E-state index in [1.54, 1.807) is 0 Å². The number of rotatable bonds is 1. The molecule has 0 aromatic rings. The zero-order valence-electron chi connectivity index (χ0n) is 3.14. The third-order valence-electron chi connectivity index (χ3n) is 0.140. The summed E-state index contributed by atoms with van der Waals surface area (Å²) in [6.45, 7) is -4.10. The molecule has 7 heteroatoms. The molecule has 0 unspecified atom stereocenters. The molecule has 0 atom stereocenters. The van der Waals surface area contributed by atoms with E-state index >= 15 is 0 Å². The Labute approximate surface area is 43.7 Å². The molecule has 0 amide bonds. The van der Waals surface area contributed by atoms with Gasteiger partial charge in [0.25, 0.3) is 0 Å². The van der Waals surface area contributed by atoms with Gasteiger partial charge in [-0.05, 0) is 4.28 Å². The fourth-order valence-electron chi connectivity index (χ4n) is 0.0561. The molecular weight excluding hydrogens is 141 g/mol. The lowest BCUT2D eigenvalue weighted by Crippen LogP contribution is -2.02. The average molecular weight is 145 g/mol. The minimum atomic E-state index is -4.10. The van der Waals surface area contributed by atoms with E-state index in [4.69, 9.17) is 9.79 Å². The molecule has 0 fully saturated rings. The summed E-state index contributed by atoms with van der Waals surface area (Å²) < 4.78 is 3.56. The van der Waals surface area contributed by atoms with Crippen LogP contribution in [0.3, 0.4) is 0 Å². The molecular formula is H4NO4PS. The Morgan fingerprint density at radius 1 is 1.71 bits per heavy atom. The topological polar surface area (TPSA) is 98.8 Å². The molecule has 0 saturated carbocycles. The second-order valence-corrected chi connectivity index (χ2v) is 3.86. The van der Waals surface area contributed by atoms with Gasteiger partial charge in [-0.25, -0.2) is 0 Å². The Morgan fingerprint density at radius 2 is 2.14 bits per heavy atom. The summed E-state index contributed by atoms with van der Waals surface area (Å²) in [7, 11) is 0. The molecule has 0 aliphatic rings. The van der Waals surface area contributed by atoms with Crippen LogP contribution in [0, 0.1) is 0 Å². The lowest BCUT2D eigenvalue weighted by molar-refractivity contribution is -0.196. The lowest BCUT2D eigenvalue weighted by atomic mass is 13.6.